The van der Waals surface area contributed by atoms with Crippen molar-refractivity contribution in [1.82, 2.24) is 4.57 Å². The summed E-state index contributed by atoms with van der Waals surface area (Å²) in [6.45, 7) is 0. The zero-order chi connectivity index (χ0) is 35.8. The predicted molar refractivity (Wildman–Crippen MR) is 229 cm³/mol. The minimum Gasteiger partial charge on any atom is -0.310 e. The molecule has 0 N–H and O–H groups in total. The zero-order valence-electron chi connectivity index (χ0n) is 29.7. The van der Waals surface area contributed by atoms with Gasteiger partial charge in [0.2, 0.25) is 0 Å². The van der Waals surface area contributed by atoms with Crippen molar-refractivity contribution in [2.45, 2.75) is 0 Å². The zero-order valence-corrected chi connectivity index (χ0v) is 29.7. The van der Waals surface area contributed by atoms with E-state index in [1.54, 1.807) is 0 Å². The molecule has 2 heteroatoms. The van der Waals surface area contributed by atoms with Crippen LogP contribution < -0.4 is 4.90 Å². The van der Waals surface area contributed by atoms with Gasteiger partial charge in [-0.25, -0.2) is 0 Å². The van der Waals surface area contributed by atoms with Gasteiger partial charge in [0, 0.05) is 38.9 Å². The van der Waals surface area contributed by atoms with Gasteiger partial charge in [0.25, 0.3) is 0 Å². The molecular formula is C52H36N2. The lowest BCUT2D eigenvalue weighted by atomic mass is 9.93. The van der Waals surface area contributed by atoms with Gasteiger partial charge in [0.1, 0.15) is 0 Å². The van der Waals surface area contributed by atoms with Gasteiger partial charge in [-0.1, -0.05) is 164 Å². The largest absolute Gasteiger partial charge is 0.310 e. The lowest BCUT2D eigenvalue weighted by molar-refractivity contribution is 1.18. The van der Waals surface area contributed by atoms with Crippen molar-refractivity contribution in [2.75, 3.05) is 4.90 Å². The van der Waals surface area contributed by atoms with E-state index in [1.165, 1.54) is 66.0 Å². The second-order valence-corrected chi connectivity index (χ2v) is 13.8. The van der Waals surface area contributed by atoms with E-state index in [4.69, 9.17) is 0 Å². The average Bonchev–Trinajstić information content (AvgIpc) is 3.60. The van der Waals surface area contributed by atoms with Crippen LogP contribution in [0.25, 0.3) is 71.6 Å². The van der Waals surface area contributed by atoms with E-state index in [2.05, 4.69) is 228 Å². The number of hydrogen-bond acceptors (Lipinski definition) is 1. The van der Waals surface area contributed by atoms with Crippen molar-refractivity contribution in [1.29, 1.82) is 0 Å². The highest BCUT2D eigenvalue weighted by Crippen LogP contribution is 2.42. The first-order valence-corrected chi connectivity index (χ1v) is 18.5. The summed E-state index contributed by atoms with van der Waals surface area (Å²) in [7, 11) is 0. The van der Waals surface area contributed by atoms with Crippen molar-refractivity contribution >= 4 is 49.6 Å². The molecule has 0 radical (unpaired) electrons. The van der Waals surface area contributed by atoms with Gasteiger partial charge in [0.05, 0.1) is 11.0 Å². The Morgan fingerprint density at radius 2 is 0.833 bits per heavy atom. The van der Waals surface area contributed by atoms with Crippen LogP contribution in [-0.4, -0.2) is 4.57 Å². The number of hydrogen-bond donors (Lipinski definition) is 0. The number of fused-ring (bicyclic) bond motifs is 5. The van der Waals surface area contributed by atoms with E-state index < -0.39 is 0 Å². The summed E-state index contributed by atoms with van der Waals surface area (Å²) in [6.07, 6.45) is 0. The van der Waals surface area contributed by atoms with Gasteiger partial charge in [-0.2, -0.15) is 0 Å². The van der Waals surface area contributed by atoms with Crippen molar-refractivity contribution in [3.8, 4) is 39.1 Å². The van der Waals surface area contributed by atoms with Crippen molar-refractivity contribution < 1.29 is 0 Å². The molecule has 2 nitrogen and oxygen atoms in total. The minimum absolute atomic E-state index is 1.09. The Bertz CT molecular complexity index is 2890. The van der Waals surface area contributed by atoms with Crippen LogP contribution in [0.15, 0.2) is 218 Å². The summed E-state index contributed by atoms with van der Waals surface area (Å²) >= 11 is 0. The molecule has 0 aliphatic heterocycles. The van der Waals surface area contributed by atoms with Crippen LogP contribution in [0, 0.1) is 0 Å². The molecule has 0 amide bonds. The molecule has 254 valence electrons. The Balaban J connectivity index is 1.15. The van der Waals surface area contributed by atoms with Crippen molar-refractivity contribution in [3.05, 3.63) is 218 Å². The number of para-hydroxylation sites is 1. The molecular weight excluding hydrogens is 653 g/mol. The highest BCUT2D eigenvalue weighted by molar-refractivity contribution is 6.18. The molecule has 9 aromatic carbocycles. The van der Waals surface area contributed by atoms with E-state index >= 15 is 0 Å². The second-order valence-electron chi connectivity index (χ2n) is 13.8. The molecule has 0 saturated carbocycles. The molecule has 0 atom stereocenters. The highest BCUT2D eigenvalue weighted by atomic mass is 15.1. The van der Waals surface area contributed by atoms with Gasteiger partial charge in [0.15, 0.2) is 0 Å². The quantitative estimate of drug-likeness (QED) is 0.162. The number of benzene rings is 9. The number of aromatic nitrogens is 1. The van der Waals surface area contributed by atoms with Gasteiger partial charge < -0.3 is 9.47 Å². The van der Waals surface area contributed by atoms with Crippen LogP contribution in [0.2, 0.25) is 0 Å². The second kappa shape index (κ2) is 13.4. The van der Waals surface area contributed by atoms with E-state index in [-0.39, 0.29) is 0 Å². The Labute approximate surface area is 315 Å². The molecule has 0 saturated heterocycles. The lowest BCUT2D eigenvalue weighted by Crippen LogP contribution is -2.10. The average molecular weight is 689 g/mol. The number of nitrogens with zero attached hydrogens (tertiary/aromatic N) is 2. The van der Waals surface area contributed by atoms with E-state index in [1.807, 2.05) is 0 Å². The predicted octanol–water partition coefficient (Wildman–Crippen LogP) is 14.4. The maximum Gasteiger partial charge on any atom is 0.0619 e. The number of anilines is 3. The van der Waals surface area contributed by atoms with Crippen LogP contribution in [0.3, 0.4) is 0 Å². The van der Waals surface area contributed by atoms with Crippen LogP contribution >= 0.6 is 0 Å². The Morgan fingerprint density at radius 3 is 1.52 bits per heavy atom. The molecule has 1 heterocycles. The monoisotopic (exact) mass is 688 g/mol. The fraction of sp³-hybridized carbons (Fsp3) is 0. The molecule has 0 unspecified atom stereocenters. The first-order chi connectivity index (χ1) is 26.8. The standard InChI is InChI=1S/C52H36N2/c1-4-14-37(15-5-1)38-24-27-42(28-25-38)53(45-33-35-46(39-16-6-2-7-17-39)50(36-45)40-18-8-3-9-19-40)43-29-31-44(32-30-43)54-51-23-13-12-22-48(51)49-34-26-41-20-10-11-21-47(41)52(49)54/h1-36H. The van der Waals surface area contributed by atoms with Gasteiger partial charge in [-0.15, -0.1) is 0 Å². The fourth-order valence-corrected chi connectivity index (χ4v) is 8.03. The molecule has 0 fully saturated rings. The molecule has 54 heavy (non-hydrogen) atoms. The van der Waals surface area contributed by atoms with Crippen molar-refractivity contribution in [3.63, 3.8) is 0 Å². The third-order valence-electron chi connectivity index (χ3n) is 10.6. The Kier molecular flexibility index (Phi) is 7.85. The van der Waals surface area contributed by atoms with E-state index in [0.717, 1.165) is 22.7 Å². The Hall–Kier alpha value is -7.16. The fourth-order valence-electron chi connectivity index (χ4n) is 8.03. The van der Waals surface area contributed by atoms with Crippen LogP contribution in [0.4, 0.5) is 17.1 Å². The maximum absolute atomic E-state index is 2.43. The highest BCUT2D eigenvalue weighted by Gasteiger charge is 2.19. The van der Waals surface area contributed by atoms with Crippen LogP contribution in [-0.2, 0) is 0 Å². The van der Waals surface area contributed by atoms with Gasteiger partial charge >= 0.3 is 0 Å². The normalized spacial score (nSPS) is 11.3. The first kappa shape index (κ1) is 31.6. The summed E-state index contributed by atoms with van der Waals surface area (Å²) in [4.78, 5) is 2.38. The van der Waals surface area contributed by atoms with E-state index in [9.17, 15) is 0 Å². The van der Waals surface area contributed by atoms with Gasteiger partial charge in [-0.3, -0.25) is 0 Å². The molecule has 0 bridgehead atoms. The lowest BCUT2D eigenvalue weighted by Gasteiger charge is -2.27. The topological polar surface area (TPSA) is 8.17 Å². The molecule has 0 aliphatic carbocycles. The maximum atomic E-state index is 2.43. The number of rotatable bonds is 7. The third-order valence-corrected chi connectivity index (χ3v) is 10.6. The summed E-state index contributed by atoms with van der Waals surface area (Å²) in [5, 5.41) is 5.01. The van der Waals surface area contributed by atoms with E-state index in [0.29, 0.717) is 0 Å². The molecule has 1 aromatic heterocycles. The molecule has 0 aliphatic rings. The van der Waals surface area contributed by atoms with Crippen molar-refractivity contribution in [2.24, 2.45) is 0 Å². The Morgan fingerprint density at radius 1 is 0.315 bits per heavy atom. The molecule has 10 aromatic rings. The first-order valence-electron chi connectivity index (χ1n) is 18.5. The SMILES string of the molecule is c1ccc(-c2ccc(N(c3ccc(-n4c5ccccc5c5ccc6ccccc6c54)cc3)c3ccc(-c4ccccc4)c(-c4ccccc4)c3)cc2)cc1. The molecule has 10 rings (SSSR count). The summed E-state index contributed by atoms with van der Waals surface area (Å²) in [6, 6.07) is 78.8. The summed E-state index contributed by atoms with van der Waals surface area (Å²) < 4.78 is 2.43. The minimum atomic E-state index is 1.09. The molecule has 0 spiro atoms. The third kappa shape index (κ3) is 5.53. The summed E-state index contributed by atoms with van der Waals surface area (Å²) in [5.74, 6) is 0. The van der Waals surface area contributed by atoms with Gasteiger partial charge in [-0.05, 0) is 93.4 Å². The smallest absolute Gasteiger partial charge is 0.0619 e. The van der Waals surface area contributed by atoms with Crippen LogP contribution in [0.5, 0.6) is 0 Å². The summed E-state index contributed by atoms with van der Waals surface area (Å²) in [5.41, 5.74) is 14.0. The van der Waals surface area contributed by atoms with Crippen LogP contribution in [0.1, 0.15) is 0 Å².